The van der Waals surface area contributed by atoms with Gasteiger partial charge in [0.2, 0.25) is 0 Å². The molecule has 0 saturated heterocycles. The fourth-order valence-corrected chi connectivity index (χ4v) is 1.48. The summed E-state index contributed by atoms with van der Waals surface area (Å²) in [5, 5.41) is 9.06. The number of H-pyrrole nitrogens is 1. The number of nitrogens with two attached hydrogens (primary N) is 1. The van der Waals surface area contributed by atoms with Crippen LogP contribution < -0.4 is 11.1 Å². The Kier molecular flexibility index (Phi) is 2.15. The fraction of sp³-hybridized carbons (Fsp3) is 0.556. The minimum absolute atomic E-state index is 0.143. The molecule has 1 fully saturated rings. The van der Waals surface area contributed by atoms with Crippen LogP contribution in [0.5, 0.6) is 0 Å². The van der Waals surface area contributed by atoms with Gasteiger partial charge in [-0.05, 0) is 18.3 Å². The number of hydrogen-bond donors (Lipinski definition) is 3. The number of hydrogen-bond acceptors (Lipinski definition) is 3. The molecule has 4 N–H and O–H groups in total. The molecule has 14 heavy (non-hydrogen) atoms. The summed E-state index contributed by atoms with van der Waals surface area (Å²) in [6.45, 7) is 2.92. The first-order chi connectivity index (χ1) is 6.68. The first kappa shape index (κ1) is 9.05. The van der Waals surface area contributed by atoms with Crippen molar-refractivity contribution in [1.82, 2.24) is 15.5 Å². The van der Waals surface area contributed by atoms with Crippen LogP contribution in [0.3, 0.4) is 0 Å². The van der Waals surface area contributed by atoms with Crippen LogP contribution in [0.2, 0.25) is 0 Å². The molecule has 0 radical (unpaired) electrons. The van der Waals surface area contributed by atoms with Gasteiger partial charge in [0.15, 0.2) is 0 Å². The van der Waals surface area contributed by atoms with Gasteiger partial charge in [0, 0.05) is 6.54 Å². The number of carbonyl (C=O) groups is 1. The summed E-state index contributed by atoms with van der Waals surface area (Å²) in [6, 6.07) is 0. The van der Waals surface area contributed by atoms with E-state index in [1.54, 1.807) is 0 Å². The Hall–Kier alpha value is -1.52. The third-order valence-electron chi connectivity index (χ3n) is 2.71. The van der Waals surface area contributed by atoms with E-state index in [2.05, 4.69) is 22.4 Å². The van der Waals surface area contributed by atoms with Gasteiger partial charge in [0.05, 0.1) is 6.20 Å². The molecule has 0 aromatic carbocycles. The number of nitrogen functional groups attached to an aromatic ring is 1. The number of aromatic nitrogens is 2. The molecule has 5 heteroatoms. The van der Waals surface area contributed by atoms with Crippen molar-refractivity contribution in [3.8, 4) is 0 Å². The molecular weight excluding hydrogens is 180 g/mol. The Labute approximate surface area is 82.1 Å². The maximum atomic E-state index is 11.5. The quantitative estimate of drug-likeness (QED) is 0.650. The van der Waals surface area contributed by atoms with Crippen molar-refractivity contribution < 1.29 is 4.79 Å². The van der Waals surface area contributed by atoms with E-state index in [0.717, 1.165) is 12.5 Å². The predicted molar refractivity (Wildman–Crippen MR) is 52.6 cm³/mol. The normalized spacial score (nSPS) is 24.6. The highest BCUT2D eigenvalue weighted by molar-refractivity contribution is 5.98. The number of carbonyl (C=O) groups excluding carboxylic acids is 1. The molecule has 1 saturated carbocycles. The Morgan fingerprint density at radius 1 is 1.86 bits per heavy atom. The van der Waals surface area contributed by atoms with Gasteiger partial charge in [-0.3, -0.25) is 9.89 Å². The summed E-state index contributed by atoms with van der Waals surface area (Å²) in [7, 11) is 0. The Balaban J connectivity index is 1.87. The van der Waals surface area contributed by atoms with E-state index in [-0.39, 0.29) is 5.91 Å². The Morgan fingerprint density at radius 2 is 2.57 bits per heavy atom. The lowest BCUT2D eigenvalue weighted by Gasteiger charge is -2.02. The molecule has 2 unspecified atom stereocenters. The molecule has 1 aromatic heterocycles. The summed E-state index contributed by atoms with van der Waals surface area (Å²) >= 11 is 0. The van der Waals surface area contributed by atoms with Crippen LogP contribution in [-0.2, 0) is 0 Å². The van der Waals surface area contributed by atoms with Crippen molar-refractivity contribution in [1.29, 1.82) is 0 Å². The SMILES string of the molecule is CC1CC1CNC(=O)c1cn[nH]c1N. The van der Waals surface area contributed by atoms with Gasteiger partial charge in [0.1, 0.15) is 11.4 Å². The Morgan fingerprint density at radius 3 is 3.07 bits per heavy atom. The predicted octanol–water partition coefficient (Wildman–Crippen LogP) is 0.378. The second-order valence-corrected chi connectivity index (χ2v) is 3.88. The zero-order chi connectivity index (χ0) is 10.1. The van der Waals surface area contributed by atoms with E-state index in [0.29, 0.717) is 17.3 Å². The van der Waals surface area contributed by atoms with Crippen LogP contribution in [0.15, 0.2) is 6.20 Å². The molecule has 1 amide bonds. The fourth-order valence-electron chi connectivity index (χ4n) is 1.48. The van der Waals surface area contributed by atoms with Crippen molar-refractivity contribution in [3.05, 3.63) is 11.8 Å². The molecule has 5 nitrogen and oxygen atoms in total. The van der Waals surface area contributed by atoms with Crippen molar-refractivity contribution in [3.63, 3.8) is 0 Å². The second-order valence-electron chi connectivity index (χ2n) is 3.88. The smallest absolute Gasteiger partial charge is 0.256 e. The monoisotopic (exact) mass is 194 g/mol. The van der Waals surface area contributed by atoms with Gasteiger partial charge in [-0.15, -0.1) is 0 Å². The van der Waals surface area contributed by atoms with Crippen molar-refractivity contribution in [2.24, 2.45) is 11.8 Å². The highest BCUT2D eigenvalue weighted by Gasteiger charge is 2.32. The molecule has 1 heterocycles. The lowest BCUT2D eigenvalue weighted by Crippen LogP contribution is -2.26. The van der Waals surface area contributed by atoms with Gasteiger partial charge < -0.3 is 11.1 Å². The molecular formula is C9H14N4O. The van der Waals surface area contributed by atoms with E-state index in [1.807, 2.05) is 0 Å². The lowest BCUT2D eigenvalue weighted by atomic mass is 10.3. The van der Waals surface area contributed by atoms with Gasteiger partial charge in [-0.1, -0.05) is 6.92 Å². The first-order valence-corrected chi connectivity index (χ1v) is 4.75. The standard InChI is InChI=1S/C9H14N4O/c1-5-2-6(5)3-11-9(14)7-4-12-13-8(7)10/h4-6H,2-3H2,1H3,(H,11,14)(H3,10,12,13). The number of anilines is 1. The van der Waals surface area contributed by atoms with Crippen LogP contribution in [0.4, 0.5) is 5.82 Å². The number of nitrogens with one attached hydrogen (secondary N) is 2. The molecule has 2 rings (SSSR count). The number of amides is 1. The van der Waals surface area contributed by atoms with Gasteiger partial charge in [0.25, 0.3) is 5.91 Å². The number of rotatable bonds is 3. The molecule has 1 aliphatic rings. The van der Waals surface area contributed by atoms with E-state index < -0.39 is 0 Å². The van der Waals surface area contributed by atoms with E-state index >= 15 is 0 Å². The zero-order valence-corrected chi connectivity index (χ0v) is 8.08. The molecule has 76 valence electrons. The maximum absolute atomic E-state index is 11.5. The molecule has 0 aliphatic heterocycles. The average molecular weight is 194 g/mol. The largest absolute Gasteiger partial charge is 0.383 e. The van der Waals surface area contributed by atoms with E-state index in [9.17, 15) is 4.79 Å². The first-order valence-electron chi connectivity index (χ1n) is 4.75. The van der Waals surface area contributed by atoms with Crippen LogP contribution >= 0.6 is 0 Å². The molecule has 2 atom stereocenters. The maximum Gasteiger partial charge on any atom is 0.256 e. The molecule has 1 aliphatic carbocycles. The summed E-state index contributed by atoms with van der Waals surface area (Å²) < 4.78 is 0. The zero-order valence-electron chi connectivity index (χ0n) is 8.08. The van der Waals surface area contributed by atoms with Crippen molar-refractivity contribution in [2.45, 2.75) is 13.3 Å². The van der Waals surface area contributed by atoms with Crippen LogP contribution in [0, 0.1) is 11.8 Å². The highest BCUT2D eigenvalue weighted by atomic mass is 16.1. The van der Waals surface area contributed by atoms with Gasteiger partial charge >= 0.3 is 0 Å². The third-order valence-corrected chi connectivity index (χ3v) is 2.71. The summed E-state index contributed by atoms with van der Waals surface area (Å²) in [4.78, 5) is 11.5. The number of nitrogens with zero attached hydrogens (tertiary/aromatic N) is 1. The number of aromatic amines is 1. The van der Waals surface area contributed by atoms with Gasteiger partial charge in [-0.2, -0.15) is 5.10 Å². The lowest BCUT2D eigenvalue weighted by molar-refractivity contribution is 0.0952. The van der Waals surface area contributed by atoms with Crippen LogP contribution in [-0.4, -0.2) is 22.6 Å². The second kappa shape index (κ2) is 3.32. The topological polar surface area (TPSA) is 83.8 Å². The highest BCUT2D eigenvalue weighted by Crippen LogP contribution is 2.36. The Bertz CT molecular complexity index is 346. The van der Waals surface area contributed by atoms with Gasteiger partial charge in [-0.25, -0.2) is 0 Å². The van der Waals surface area contributed by atoms with Crippen LogP contribution in [0.25, 0.3) is 0 Å². The minimum Gasteiger partial charge on any atom is -0.383 e. The summed E-state index contributed by atoms with van der Waals surface area (Å²) in [5.41, 5.74) is 5.94. The average Bonchev–Trinajstić information content (AvgIpc) is 2.67. The van der Waals surface area contributed by atoms with E-state index in [4.69, 9.17) is 5.73 Å². The molecule has 0 spiro atoms. The van der Waals surface area contributed by atoms with E-state index in [1.165, 1.54) is 12.6 Å². The summed E-state index contributed by atoms with van der Waals surface area (Å²) in [6.07, 6.45) is 2.65. The third kappa shape index (κ3) is 1.71. The molecule has 1 aromatic rings. The minimum atomic E-state index is -0.143. The van der Waals surface area contributed by atoms with Crippen LogP contribution in [0.1, 0.15) is 23.7 Å². The summed E-state index contributed by atoms with van der Waals surface area (Å²) in [5.74, 6) is 1.57. The molecule has 0 bridgehead atoms. The van der Waals surface area contributed by atoms with Crippen molar-refractivity contribution in [2.75, 3.05) is 12.3 Å². The van der Waals surface area contributed by atoms with Crippen molar-refractivity contribution >= 4 is 11.7 Å².